The van der Waals surface area contributed by atoms with Crippen molar-refractivity contribution in [1.82, 2.24) is 0 Å². The molecule has 1 aromatic carbocycles. The topological polar surface area (TPSA) is 83.8 Å². The van der Waals surface area contributed by atoms with Crippen molar-refractivity contribution in [1.29, 1.82) is 0 Å². The van der Waals surface area contributed by atoms with Crippen molar-refractivity contribution in [2.45, 2.75) is 182 Å². The highest BCUT2D eigenvalue weighted by atomic mass is 16.5. The maximum atomic E-state index is 11.9. The number of phenolic OH excluding ortho intramolecular Hbond substituents is 1. The third kappa shape index (κ3) is 19.1. The van der Waals surface area contributed by atoms with Gasteiger partial charge in [0.15, 0.2) is 0 Å². The quantitative estimate of drug-likeness (QED) is 0.114. The van der Waals surface area contributed by atoms with Gasteiger partial charge >= 0.3 is 11.9 Å². The molecule has 2 N–H and O–H groups in total. The molecule has 0 amide bonds. The lowest BCUT2D eigenvalue weighted by atomic mass is 9.77. The summed E-state index contributed by atoms with van der Waals surface area (Å²) in [5.41, 5.74) is 2.43. The number of phenols is 1. The molecular formula is C38H68O5. The van der Waals surface area contributed by atoms with Gasteiger partial charge < -0.3 is 14.9 Å². The largest absolute Gasteiger partial charge is 0.507 e. The fourth-order valence-electron chi connectivity index (χ4n) is 5.25. The van der Waals surface area contributed by atoms with E-state index in [2.05, 4.69) is 55.4 Å². The lowest BCUT2D eigenvalue weighted by molar-refractivity contribution is -0.143. The molecule has 1 atom stereocenters. The number of ether oxygens (including phenoxy) is 1. The molecular weight excluding hydrogens is 536 g/mol. The Morgan fingerprint density at radius 2 is 1.12 bits per heavy atom. The molecule has 1 rings (SSSR count). The van der Waals surface area contributed by atoms with Gasteiger partial charge in [-0.05, 0) is 46.8 Å². The minimum absolute atomic E-state index is 0.0732. The number of hydrogen-bond acceptors (Lipinski definition) is 4. The molecule has 1 aromatic rings. The zero-order valence-electron chi connectivity index (χ0n) is 29.6. The molecule has 0 radical (unpaired) electrons. The van der Waals surface area contributed by atoms with Crippen molar-refractivity contribution in [3.8, 4) is 5.75 Å². The average Bonchev–Trinajstić information content (AvgIpc) is 2.92. The third-order valence-corrected chi connectivity index (χ3v) is 8.07. The number of aromatic hydroxyl groups is 1. The Morgan fingerprint density at radius 3 is 1.51 bits per heavy atom. The van der Waals surface area contributed by atoms with E-state index in [1.54, 1.807) is 0 Å². The zero-order chi connectivity index (χ0) is 32.9. The van der Waals surface area contributed by atoms with Crippen molar-refractivity contribution in [2.75, 3.05) is 6.61 Å². The Bertz CT molecular complexity index is 856. The van der Waals surface area contributed by atoms with Crippen LogP contribution in [0.1, 0.15) is 182 Å². The van der Waals surface area contributed by atoms with Crippen LogP contribution in [0.3, 0.4) is 0 Å². The van der Waals surface area contributed by atoms with E-state index in [9.17, 15) is 19.8 Å². The predicted molar refractivity (Wildman–Crippen MR) is 182 cm³/mol. The number of esters is 1. The molecule has 0 saturated heterocycles. The first kappa shape index (κ1) is 41.0. The van der Waals surface area contributed by atoms with E-state index in [-0.39, 0.29) is 22.7 Å². The number of aliphatic carboxylic acids is 1. The van der Waals surface area contributed by atoms with Crippen molar-refractivity contribution in [3.63, 3.8) is 0 Å². The summed E-state index contributed by atoms with van der Waals surface area (Å²) in [5, 5.41) is 20.6. The highest BCUT2D eigenvalue weighted by molar-refractivity contribution is 5.70. The highest BCUT2D eigenvalue weighted by Gasteiger charge is 2.28. The summed E-state index contributed by atoms with van der Waals surface area (Å²) in [5.74, 6) is -0.793. The van der Waals surface area contributed by atoms with E-state index in [0.717, 1.165) is 42.4 Å². The van der Waals surface area contributed by atoms with Crippen LogP contribution < -0.4 is 0 Å². The Hall–Kier alpha value is -2.04. The summed E-state index contributed by atoms with van der Waals surface area (Å²) in [6.45, 7) is 19.4. The monoisotopic (exact) mass is 605 g/mol. The van der Waals surface area contributed by atoms with E-state index in [1.165, 1.54) is 70.6 Å². The minimum atomic E-state index is -0.710. The van der Waals surface area contributed by atoms with Crippen LogP contribution >= 0.6 is 0 Å². The first-order valence-corrected chi connectivity index (χ1v) is 17.4. The standard InChI is InChI=1S/C26H44O3.C12H24O2/c1-8-9-10-11-12-13-14-15-20(24(28)29)16-19-17-21(25(2,3)4)23(27)22(18-19)26(5,6)7;1-3-5-6-7-8-9-10-11-14-12(13)4-2/h17-18,20,27H,8-16H2,1-7H3,(H,28,29);3-11H2,1-2H3. The maximum Gasteiger partial charge on any atom is 0.306 e. The molecule has 0 fully saturated rings. The molecule has 0 saturated carbocycles. The van der Waals surface area contributed by atoms with Crippen molar-refractivity contribution >= 4 is 11.9 Å². The Morgan fingerprint density at radius 1 is 0.698 bits per heavy atom. The molecule has 5 heteroatoms. The molecule has 1 unspecified atom stereocenters. The first-order valence-electron chi connectivity index (χ1n) is 17.4. The van der Waals surface area contributed by atoms with Crippen LogP contribution in [-0.4, -0.2) is 28.8 Å². The molecule has 0 aliphatic rings. The number of benzene rings is 1. The summed E-state index contributed by atoms with van der Waals surface area (Å²) in [6, 6.07) is 4.04. The maximum absolute atomic E-state index is 11.9. The Balaban J connectivity index is 0.00000106. The van der Waals surface area contributed by atoms with Gasteiger partial charge in [0.25, 0.3) is 0 Å². The summed E-state index contributed by atoms with van der Waals surface area (Å²) in [4.78, 5) is 22.7. The highest BCUT2D eigenvalue weighted by Crippen LogP contribution is 2.40. The molecule has 43 heavy (non-hydrogen) atoms. The van der Waals surface area contributed by atoms with E-state index >= 15 is 0 Å². The van der Waals surface area contributed by atoms with E-state index in [4.69, 9.17) is 4.74 Å². The number of carbonyl (C=O) groups is 2. The second kappa shape index (κ2) is 22.5. The molecule has 0 aliphatic heterocycles. The predicted octanol–water partition coefficient (Wildman–Crippen LogP) is 11.1. The van der Waals surface area contributed by atoms with Gasteiger partial charge in [-0.2, -0.15) is 0 Å². The minimum Gasteiger partial charge on any atom is -0.507 e. The summed E-state index contributed by atoms with van der Waals surface area (Å²) in [7, 11) is 0. The third-order valence-electron chi connectivity index (χ3n) is 8.07. The summed E-state index contributed by atoms with van der Waals surface area (Å²) in [6.07, 6.45) is 19.0. The van der Waals surface area contributed by atoms with Crippen molar-refractivity contribution in [2.24, 2.45) is 5.92 Å². The van der Waals surface area contributed by atoms with Crippen molar-refractivity contribution < 1.29 is 24.5 Å². The van der Waals surface area contributed by atoms with Gasteiger partial charge in [-0.1, -0.05) is 158 Å². The van der Waals surface area contributed by atoms with Crippen LogP contribution in [0.2, 0.25) is 0 Å². The second-order valence-electron chi connectivity index (χ2n) is 14.4. The van der Waals surface area contributed by atoms with Gasteiger partial charge in [-0.3, -0.25) is 9.59 Å². The van der Waals surface area contributed by atoms with Crippen LogP contribution in [0.25, 0.3) is 0 Å². The first-order chi connectivity index (χ1) is 20.2. The number of hydrogen-bond donors (Lipinski definition) is 2. The second-order valence-corrected chi connectivity index (χ2v) is 14.4. The Labute approximate surface area is 265 Å². The number of carbonyl (C=O) groups excluding carboxylic acids is 1. The molecule has 0 aliphatic carbocycles. The molecule has 5 nitrogen and oxygen atoms in total. The van der Waals surface area contributed by atoms with Crippen LogP contribution in [0.15, 0.2) is 12.1 Å². The number of unbranched alkanes of at least 4 members (excludes halogenated alkanes) is 12. The molecule has 250 valence electrons. The molecule has 0 bridgehead atoms. The van der Waals surface area contributed by atoms with Crippen molar-refractivity contribution in [3.05, 3.63) is 28.8 Å². The lowest BCUT2D eigenvalue weighted by Gasteiger charge is -2.28. The van der Waals surface area contributed by atoms with Crippen LogP contribution in [0.5, 0.6) is 5.75 Å². The SMILES string of the molecule is CCCCCCCCCC(Cc1cc(C(C)(C)C)c(O)c(C(C)(C)C)c1)C(=O)O.CCCCCCCCCOC(=O)CC. The van der Waals surface area contributed by atoms with E-state index in [1.807, 2.05) is 19.1 Å². The zero-order valence-corrected chi connectivity index (χ0v) is 29.6. The molecule has 0 aromatic heterocycles. The fourth-order valence-corrected chi connectivity index (χ4v) is 5.25. The summed E-state index contributed by atoms with van der Waals surface area (Å²) < 4.78 is 4.98. The Kier molecular flexibility index (Phi) is 21.4. The normalized spacial score (nSPS) is 12.4. The summed E-state index contributed by atoms with van der Waals surface area (Å²) >= 11 is 0. The number of carboxylic acid groups (broad SMARTS) is 1. The smallest absolute Gasteiger partial charge is 0.306 e. The van der Waals surface area contributed by atoms with Gasteiger partial charge in [0.1, 0.15) is 5.75 Å². The molecule has 0 heterocycles. The van der Waals surface area contributed by atoms with Gasteiger partial charge in [0, 0.05) is 6.42 Å². The average molecular weight is 605 g/mol. The fraction of sp³-hybridized carbons (Fsp3) is 0.789. The number of carboxylic acids is 1. The van der Waals surface area contributed by atoms with Crippen LogP contribution in [-0.2, 0) is 31.6 Å². The van der Waals surface area contributed by atoms with E-state index < -0.39 is 5.97 Å². The van der Waals surface area contributed by atoms with Gasteiger partial charge in [0.05, 0.1) is 12.5 Å². The lowest BCUT2D eigenvalue weighted by Crippen LogP contribution is -2.20. The van der Waals surface area contributed by atoms with Gasteiger partial charge in [-0.25, -0.2) is 0 Å². The van der Waals surface area contributed by atoms with Gasteiger partial charge in [0.2, 0.25) is 0 Å². The van der Waals surface area contributed by atoms with E-state index in [0.29, 0.717) is 25.2 Å². The van der Waals surface area contributed by atoms with Crippen LogP contribution in [0, 0.1) is 5.92 Å². The number of rotatable bonds is 20. The molecule has 0 spiro atoms. The van der Waals surface area contributed by atoms with Crippen LogP contribution in [0.4, 0.5) is 0 Å². The van der Waals surface area contributed by atoms with Gasteiger partial charge in [-0.15, -0.1) is 0 Å².